The maximum Gasteiger partial charge on any atom is 0.0290 e. The van der Waals surface area contributed by atoms with Gasteiger partial charge in [0.1, 0.15) is 0 Å². The topological polar surface area (TPSA) is 0 Å². The molecular weight excluding hydrogens is 256 g/mol. The Kier molecular flexibility index (Phi) is 3.00. The van der Waals surface area contributed by atoms with Crippen LogP contribution in [0.15, 0.2) is 47.4 Å². The summed E-state index contributed by atoms with van der Waals surface area (Å²) in [7, 11) is 1.54. The zero-order valence-electron chi connectivity index (χ0n) is 10.4. The standard InChI is InChI=1S/C16H14S2/c1-10-7-14-8-12-5-3-4-6-13(12)9-15(14)16(18-17)11(10)2/h3-9,17H,1-2H3. The number of fused-ring (bicyclic) bond motifs is 2. The Bertz CT molecular complexity index is 745. The first-order valence-electron chi connectivity index (χ1n) is 5.95. The van der Waals surface area contributed by atoms with Crippen molar-refractivity contribution in [2.45, 2.75) is 18.7 Å². The molecule has 90 valence electrons. The molecule has 3 aromatic rings. The van der Waals surface area contributed by atoms with Crippen LogP contribution in [0.25, 0.3) is 21.5 Å². The van der Waals surface area contributed by atoms with Gasteiger partial charge in [-0.25, -0.2) is 0 Å². The molecule has 0 nitrogen and oxygen atoms in total. The Morgan fingerprint density at radius 1 is 0.889 bits per heavy atom. The van der Waals surface area contributed by atoms with Crippen molar-refractivity contribution in [2.75, 3.05) is 0 Å². The summed E-state index contributed by atoms with van der Waals surface area (Å²) in [5, 5.41) is 5.19. The molecule has 0 atom stereocenters. The SMILES string of the molecule is Cc1cc2cc3ccccc3cc2c(SS)c1C. The van der Waals surface area contributed by atoms with Crippen LogP contribution >= 0.6 is 22.5 Å². The average molecular weight is 270 g/mol. The largest absolute Gasteiger partial charge is 0.106 e. The van der Waals surface area contributed by atoms with Crippen LogP contribution in [0.5, 0.6) is 0 Å². The number of benzene rings is 3. The van der Waals surface area contributed by atoms with Crippen molar-refractivity contribution in [3.8, 4) is 0 Å². The highest BCUT2D eigenvalue weighted by Gasteiger charge is 2.08. The van der Waals surface area contributed by atoms with E-state index in [1.807, 2.05) is 0 Å². The first-order chi connectivity index (χ1) is 8.70. The summed E-state index contributed by atoms with van der Waals surface area (Å²) >= 11 is 4.41. The molecule has 0 heterocycles. The summed E-state index contributed by atoms with van der Waals surface area (Å²) < 4.78 is 0. The maximum absolute atomic E-state index is 4.41. The quantitative estimate of drug-likeness (QED) is 0.344. The molecule has 0 saturated heterocycles. The lowest BCUT2D eigenvalue weighted by Crippen LogP contribution is -1.87. The highest BCUT2D eigenvalue weighted by Crippen LogP contribution is 2.36. The van der Waals surface area contributed by atoms with Gasteiger partial charge in [0, 0.05) is 4.90 Å². The van der Waals surface area contributed by atoms with E-state index in [0.717, 1.165) is 0 Å². The van der Waals surface area contributed by atoms with Crippen LogP contribution in [-0.2, 0) is 0 Å². The summed E-state index contributed by atoms with van der Waals surface area (Å²) in [5.74, 6) is 0. The molecular formula is C16H14S2. The van der Waals surface area contributed by atoms with Gasteiger partial charge in [-0.1, -0.05) is 41.1 Å². The van der Waals surface area contributed by atoms with Crippen LogP contribution in [0.1, 0.15) is 11.1 Å². The third-order valence-electron chi connectivity index (χ3n) is 3.56. The number of thiol groups is 1. The van der Waals surface area contributed by atoms with Gasteiger partial charge < -0.3 is 0 Å². The molecule has 0 radical (unpaired) electrons. The number of hydrogen-bond donors (Lipinski definition) is 1. The lowest BCUT2D eigenvalue weighted by atomic mass is 9.99. The lowest BCUT2D eigenvalue weighted by molar-refractivity contribution is 1.27. The second-order valence-electron chi connectivity index (χ2n) is 4.66. The van der Waals surface area contributed by atoms with Crippen LogP contribution in [-0.4, -0.2) is 0 Å². The predicted molar refractivity (Wildman–Crippen MR) is 85.8 cm³/mol. The van der Waals surface area contributed by atoms with Crippen molar-refractivity contribution >= 4 is 44.0 Å². The van der Waals surface area contributed by atoms with Crippen LogP contribution in [0, 0.1) is 13.8 Å². The molecule has 3 rings (SSSR count). The van der Waals surface area contributed by atoms with E-state index >= 15 is 0 Å². The molecule has 0 amide bonds. The fourth-order valence-corrected chi connectivity index (χ4v) is 3.69. The van der Waals surface area contributed by atoms with Crippen molar-refractivity contribution in [2.24, 2.45) is 0 Å². The van der Waals surface area contributed by atoms with Gasteiger partial charge in [-0.05, 0) is 58.7 Å². The van der Waals surface area contributed by atoms with E-state index in [-0.39, 0.29) is 0 Å². The van der Waals surface area contributed by atoms with Gasteiger partial charge in [-0.2, -0.15) is 0 Å². The maximum atomic E-state index is 4.41. The van der Waals surface area contributed by atoms with Gasteiger partial charge in [0.25, 0.3) is 0 Å². The van der Waals surface area contributed by atoms with E-state index < -0.39 is 0 Å². The second-order valence-corrected chi connectivity index (χ2v) is 5.80. The number of hydrogen-bond acceptors (Lipinski definition) is 2. The predicted octanol–water partition coefficient (Wildman–Crippen LogP) is 5.55. The molecule has 0 spiro atoms. The minimum atomic E-state index is 1.28. The van der Waals surface area contributed by atoms with Crippen molar-refractivity contribution in [3.05, 3.63) is 53.6 Å². The number of aryl methyl sites for hydroxylation is 1. The molecule has 0 bridgehead atoms. The summed E-state index contributed by atoms with van der Waals surface area (Å²) in [6.07, 6.45) is 0. The Hall–Kier alpha value is -1.12. The fraction of sp³-hybridized carbons (Fsp3) is 0.125. The highest BCUT2D eigenvalue weighted by molar-refractivity contribution is 8.68. The molecule has 3 aromatic carbocycles. The Morgan fingerprint density at radius 2 is 1.56 bits per heavy atom. The first-order valence-corrected chi connectivity index (χ1v) is 7.81. The van der Waals surface area contributed by atoms with E-state index in [1.54, 1.807) is 10.8 Å². The fourth-order valence-electron chi connectivity index (χ4n) is 2.41. The Balaban J connectivity index is 2.50. The van der Waals surface area contributed by atoms with Crippen LogP contribution in [0.3, 0.4) is 0 Å². The smallest absolute Gasteiger partial charge is 0.0290 e. The molecule has 0 aliphatic carbocycles. The van der Waals surface area contributed by atoms with Crippen LogP contribution in [0.2, 0.25) is 0 Å². The van der Waals surface area contributed by atoms with E-state index in [9.17, 15) is 0 Å². The second kappa shape index (κ2) is 4.52. The van der Waals surface area contributed by atoms with E-state index in [0.29, 0.717) is 0 Å². The molecule has 0 aromatic heterocycles. The van der Waals surface area contributed by atoms with E-state index in [2.05, 4.69) is 68.0 Å². The summed E-state index contributed by atoms with van der Waals surface area (Å²) in [6, 6.07) is 15.3. The van der Waals surface area contributed by atoms with Gasteiger partial charge >= 0.3 is 0 Å². The molecule has 0 N–H and O–H groups in total. The molecule has 2 heteroatoms. The third kappa shape index (κ3) is 1.80. The molecule has 0 fully saturated rings. The Morgan fingerprint density at radius 3 is 2.22 bits per heavy atom. The lowest BCUT2D eigenvalue weighted by Gasteiger charge is -2.11. The summed E-state index contributed by atoms with van der Waals surface area (Å²) in [4.78, 5) is 1.28. The van der Waals surface area contributed by atoms with Gasteiger partial charge in [0.05, 0.1) is 0 Å². The molecule has 0 unspecified atom stereocenters. The van der Waals surface area contributed by atoms with Crippen LogP contribution in [0.4, 0.5) is 0 Å². The Labute approximate surface area is 116 Å². The summed E-state index contributed by atoms with van der Waals surface area (Å²) in [6.45, 7) is 4.33. The van der Waals surface area contributed by atoms with Crippen LogP contribution < -0.4 is 0 Å². The molecule has 0 aliphatic heterocycles. The highest BCUT2D eigenvalue weighted by atomic mass is 33.1. The van der Waals surface area contributed by atoms with E-state index in [1.165, 1.54) is 37.6 Å². The normalized spacial score (nSPS) is 11.3. The van der Waals surface area contributed by atoms with Crippen molar-refractivity contribution in [3.63, 3.8) is 0 Å². The molecule has 0 saturated carbocycles. The minimum absolute atomic E-state index is 1.28. The minimum Gasteiger partial charge on any atom is -0.106 e. The van der Waals surface area contributed by atoms with Crippen molar-refractivity contribution in [1.29, 1.82) is 0 Å². The van der Waals surface area contributed by atoms with E-state index in [4.69, 9.17) is 0 Å². The van der Waals surface area contributed by atoms with Crippen molar-refractivity contribution in [1.82, 2.24) is 0 Å². The zero-order valence-corrected chi connectivity index (χ0v) is 12.1. The van der Waals surface area contributed by atoms with Gasteiger partial charge in [0.15, 0.2) is 0 Å². The monoisotopic (exact) mass is 270 g/mol. The molecule has 0 aliphatic rings. The average Bonchev–Trinajstić information content (AvgIpc) is 2.38. The zero-order chi connectivity index (χ0) is 12.7. The van der Waals surface area contributed by atoms with Crippen molar-refractivity contribution < 1.29 is 0 Å². The molecule has 18 heavy (non-hydrogen) atoms. The van der Waals surface area contributed by atoms with Gasteiger partial charge in [0.2, 0.25) is 0 Å². The third-order valence-corrected chi connectivity index (χ3v) is 4.81. The number of rotatable bonds is 1. The van der Waals surface area contributed by atoms with Gasteiger partial charge in [-0.3, -0.25) is 0 Å². The summed E-state index contributed by atoms with van der Waals surface area (Å²) in [5.41, 5.74) is 2.66. The first kappa shape index (κ1) is 11.9. The van der Waals surface area contributed by atoms with Gasteiger partial charge in [-0.15, -0.1) is 11.7 Å².